The lowest BCUT2D eigenvalue weighted by molar-refractivity contribution is 0.0600. The van der Waals surface area contributed by atoms with Gasteiger partial charge in [0.25, 0.3) is 0 Å². The molecule has 0 amide bonds. The number of hydrogen-bond donors (Lipinski definition) is 1. The number of esters is 1. The van der Waals surface area contributed by atoms with Gasteiger partial charge in [-0.1, -0.05) is 42.5 Å². The molecular formula is C23H28N2O2. The quantitative estimate of drug-likeness (QED) is 0.764. The van der Waals surface area contributed by atoms with E-state index in [2.05, 4.69) is 40.5 Å². The molecule has 3 atom stereocenters. The molecule has 1 heterocycles. The maximum absolute atomic E-state index is 11.5. The predicted octanol–water partition coefficient (Wildman–Crippen LogP) is 3.44. The first-order valence-corrected chi connectivity index (χ1v) is 9.91. The topological polar surface area (TPSA) is 41.6 Å². The third-order valence-corrected chi connectivity index (χ3v) is 5.84. The SMILES string of the molecule is COC(=O)c1ccc(CN2CC[C@@H](CN[C@@H]3CC3c3ccccc3)C2)cc1. The van der Waals surface area contributed by atoms with Crippen molar-refractivity contribution in [2.75, 3.05) is 26.7 Å². The molecule has 142 valence electrons. The van der Waals surface area contributed by atoms with Crippen LogP contribution in [0.4, 0.5) is 0 Å². The number of rotatable bonds is 7. The van der Waals surface area contributed by atoms with E-state index >= 15 is 0 Å². The van der Waals surface area contributed by atoms with Gasteiger partial charge in [-0.25, -0.2) is 4.79 Å². The van der Waals surface area contributed by atoms with Crippen LogP contribution in [-0.2, 0) is 11.3 Å². The number of methoxy groups -OCH3 is 1. The zero-order chi connectivity index (χ0) is 18.6. The smallest absolute Gasteiger partial charge is 0.337 e. The highest BCUT2D eigenvalue weighted by Crippen LogP contribution is 2.40. The van der Waals surface area contributed by atoms with E-state index in [1.807, 2.05) is 24.3 Å². The molecule has 2 aliphatic rings. The molecule has 0 spiro atoms. The second-order valence-electron chi connectivity index (χ2n) is 7.85. The van der Waals surface area contributed by atoms with Gasteiger partial charge < -0.3 is 10.1 Å². The van der Waals surface area contributed by atoms with E-state index in [0.29, 0.717) is 17.5 Å². The molecule has 1 saturated carbocycles. The van der Waals surface area contributed by atoms with Crippen molar-refractivity contribution in [3.63, 3.8) is 0 Å². The van der Waals surface area contributed by atoms with Crippen LogP contribution in [0, 0.1) is 5.92 Å². The summed E-state index contributed by atoms with van der Waals surface area (Å²) in [4.78, 5) is 14.0. The number of likely N-dealkylation sites (tertiary alicyclic amines) is 1. The van der Waals surface area contributed by atoms with E-state index in [9.17, 15) is 4.79 Å². The molecule has 1 aliphatic carbocycles. The lowest BCUT2D eigenvalue weighted by atomic mass is 10.1. The van der Waals surface area contributed by atoms with Crippen molar-refractivity contribution >= 4 is 5.97 Å². The van der Waals surface area contributed by atoms with Crippen LogP contribution >= 0.6 is 0 Å². The number of ether oxygens (including phenoxy) is 1. The number of hydrogen-bond acceptors (Lipinski definition) is 4. The molecule has 0 radical (unpaired) electrons. The normalized spacial score (nSPS) is 24.7. The van der Waals surface area contributed by atoms with Gasteiger partial charge >= 0.3 is 5.97 Å². The fraction of sp³-hybridized carbons (Fsp3) is 0.435. The Morgan fingerprint density at radius 2 is 1.93 bits per heavy atom. The van der Waals surface area contributed by atoms with E-state index in [1.165, 1.54) is 31.1 Å². The molecule has 4 heteroatoms. The van der Waals surface area contributed by atoms with Gasteiger partial charge in [0.15, 0.2) is 0 Å². The highest BCUT2D eigenvalue weighted by molar-refractivity contribution is 5.89. The Balaban J connectivity index is 1.20. The molecule has 0 aromatic heterocycles. The van der Waals surface area contributed by atoms with Gasteiger partial charge in [0.05, 0.1) is 12.7 Å². The number of nitrogens with one attached hydrogen (secondary N) is 1. The minimum Gasteiger partial charge on any atom is -0.465 e. The molecule has 2 aromatic carbocycles. The molecule has 27 heavy (non-hydrogen) atoms. The van der Waals surface area contributed by atoms with Crippen molar-refractivity contribution in [1.82, 2.24) is 10.2 Å². The van der Waals surface area contributed by atoms with Gasteiger partial charge in [-0.3, -0.25) is 4.90 Å². The van der Waals surface area contributed by atoms with Crippen molar-refractivity contribution in [3.8, 4) is 0 Å². The number of nitrogens with zero attached hydrogens (tertiary/aromatic N) is 1. The first kappa shape index (κ1) is 18.2. The Bertz CT molecular complexity index is 760. The van der Waals surface area contributed by atoms with Crippen LogP contribution in [0.15, 0.2) is 54.6 Å². The van der Waals surface area contributed by atoms with Crippen LogP contribution in [-0.4, -0.2) is 43.7 Å². The summed E-state index contributed by atoms with van der Waals surface area (Å²) in [6, 6.07) is 19.3. The summed E-state index contributed by atoms with van der Waals surface area (Å²) >= 11 is 0. The molecule has 4 rings (SSSR count). The molecule has 0 bridgehead atoms. The van der Waals surface area contributed by atoms with Crippen molar-refractivity contribution in [1.29, 1.82) is 0 Å². The molecule has 1 aliphatic heterocycles. The standard InChI is InChI=1S/C23H28N2O2/c1-27-23(26)20-9-7-17(8-10-20)15-25-12-11-18(16-25)14-24-22-13-21(22)19-5-3-2-4-6-19/h2-10,18,21-22,24H,11-16H2,1H3/t18-,21?,22+/m0/s1. The van der Waals surface area contributed by atoms with Crippen LogP contribution in [0.1, 0.15) is 40.2 Å². The molecule has 1 N–H and O–H groups in total. The molecular weight excluding hydrogens is 336 g/mol. The van der Waals surface area contributed by atoms with Crippen LogP contribution in [0.2, 0.25) is 0 Å². The van der Waals surface area contributed by atoms with Crippen molar-refractivity contribution in [3.05, 3.63) is 71.3 Å². The second kappa shape index (κ2) is 8.24. The minimum atomic E-state index is -0.275. The van der Waals surface area contributed by atoms with Gasteiger partial charge in [0.2, 0.25) is 0 Å². The predicted molar refractivity (Wildman–Crippen MR) is 107 cm³/mol. The Labute approximate surface area is 161 Å². The average Bonchev–Trinajstić information content (AvgIpc) is 3.37. The van der Waals surface area contributed by atoms with E-state index in [1.54, 1.807) is 0 Å². The van der Waals surface area contributed by atoms with Crippen LogP contribution in [0.5, 0.6) is 0 Å². The highest BCUT2D eigenvalue weighted by atomic mass is 16.5. The van der Waals surface area contributed by atoms with Gasteiger partial charge in [-0.2, -0.15) is 0 Å². The van der Waals surface area contributed by atoms with E-state index < -0.39 is 0 Å². The summed E-state index contributed by atoms with van der Waals surface area (Å²) < 4.78 is 4.75. The fourth-order valence-corrected chi connectivity index (χ4v) is 4.15. The number of carbonyl (C=O) groups is 1. The maximum Gasteiger partial charge on any atom is 0.337 e. The monoisotopic (exact) mass is 364 g/mol. The largest absolute Gasteiger partial charge is 0.465 e. The zero-order valence-corrected chi connectivity index (χ0v) is 15.9. The Hall–Kier alpha value is -2.17. The Kier molecular flexibility index (Phi) is 5.55. The fourth-order valence-electron chi connectivity index (χ4n) is 4.15. The number of benzene rings is 2. The van der Waals surface area contributed by atoms with Crippen molar-refractivity contribution in [2.24, 2.45) is 5.92 Å². The van der Waals surface area contributed by atoms with E-state index in [4.69, 9.17) is 4.74 Å². The summed E-state index contributed by atoms with van der Waals surface area (Å²) in [5, 5.41) is 3.78. The molecule has 2 aromatic rings. The molecule has 1 saturated heterocycles. The second-order valence-corrected chi connectivity index (χ2v) is 7.85. The molecule has 4 nitrogen and oxygen atoms in total. The lowest BCUT2D eigenvalue weighted by Crippen LogP contribution is -2.28. The van der Waals surface area contributed by atoms with Gasteiger partial charge in [0, 0.05) is 25.0 Å². The Morgan fingerprint density at radius 1 is 1.15 bits per heavy atom. The van der Waals surface area contributed by atoms with Crippen LogP contribution < -0.4 is 5.32 Å². The Morgan fingerprint density at radius 3 is 2.67 bits per heavy atom. The van der Waals surface area contributed by atoms with Gasteiger partial charge in [-0.05, 0) is 55.1 Å². The summed E-state index contributed by atoms with van der Waals surface area (Å²) in [5.74, 6) is 1.16. The minimum absolute atomic E-state index is 0.275. The van der Waals surface area contributed by atoms with E-state index in [-0.39, 0.29) is 5.97 Å². The first-order valence-electron chi connectivity index (χ1n) is 9.91. The summed E-state index contributed by atoms with van der Waals surface area (Å²) in [7, 11) is 1.42. The summed E-state index contributed by atoms with van der Waals surface area (Å²) in [6.45, 7) is 4.37. The lowest BCUT2D eigenvalue weighted by Gasteiger charge is -2.16. The maximum atomic E-state index is 11.5. The highest BCUT2D eigenvalue weighted by Gasteiger charge is 2.38. The first-order chi connectivity index (χ1) is 13.2. The number of carbonyl (C=O) groups excluding carboxylic acids is 1. The summed E-state index contributed by atoms with van der Waals surface area (Å²) in [6.07, 6.45) is 2.53. The van der Waals surface area contributed by atoms with Gasteiger partial charge in [0.1, 0.15) is 0 Å². The van der Waals surface area contributed by atoms with Crippen LogP contribution in [0.3, 0.4) is 0 Å². The summed E-state index contributed by atoms with van der Waals surface area (Å²) in [5.41, 5.74) is 3.34. The molecule has 2 fully saturated rings. The van der Waals surface area contributed by atoms with E-state index in [0.717, 1.165) is 32.1 Å². The van der Waals surface area contributed by atoms with Gasteiger partial charge in [-0.15, -0.1) is 0 Å². The van der Waals surface area contributed by atoms with Crippen molar-refractivity contribution in [2.45, 2.75) is 31.3 Å². The average molecular weight is 364 g/mol. The van der Waals surface area contributed by atoms with Crippen LogP contribution in [0.25, 0.3) is 0 Å². The zero-order valence-electron chi connectivity index (χ0n) is 15.9. The van der Waals surface area contributed by atoms with Crippen molar-refractivity contribution < 1.29 is 9.53 Å². The third kappa shape index (κ3) is 4.57. The third-order valence-electron chi connectivity index (χ3n) is 5.84. The molecule has 1 unspecified atom stereocenters.